The smallest absolute Gasteiger partial charge is 0.157 e. The summed E-state index contributed by atoms with van der Waals surface area (Å²) in [7, 11) is 0. The standard InChI is InChI=1S/C48H98INO4/c1-5-9-13-17-19-27-36-45(35-25-15-11-7-3)47(49)53-43-33-23-21-29-39-50(41-31-32-42-51)40-30-22-24-34-44-54-48(52)46(37-26-16-12-8-4)38-28-20-18-14-10-6-2/h45-48,51-52H,5-44H2,1-4H3. The van der Waals surface area contributed by atoms with Crippen molar-refractivity contribution in [1.82, 2.24) is 4.90 Å². The molecule has 5 nitrogen and oxygen atoms in total. The number of aliphatic hydroxyl groups is 2. The maximum atomic E-state index is 10.9. The third-order valence-corrected chi connectivity index (χ3v) is 13.0. The van der Waals surface area contributed by atoms with E-state index in [9.17, 15) is 10.2 Å². The van der Waals surface area contributed by atoms with E-state index in [4.69, 9.17) is 9.47 Å². The molecule has 326 valence electrons. The SMILES string of the molecule is CCCCCCCCC(CCCCCC)C(O)OCCCCCCN(CCCCO)CCCCCCOC(I)C(CCCCCC)CCCCCCCC. The molecule has 0 aliphatic rings. The van der Waals surface area contributed by atoms with Gasteiger partial charge in [-0.05, 0) is 89.8 Å². The summed E-state index contributed by atoms with van der Waals surface area (Å²) in [6.07, 6.45) is 42.6. The third kappa shape index (κ3) is 36.8. The van der Waals surface area contributed by atoms with Crippen LogP contribution in [0.4, 0.5) is 0 Å². The normalized spacial score (nSPS) is 14.2. The van der Waals surface area contributed by atoms with Gasteiger partial charge in [0.25, 0.3) is 0 Å². The van der Waals surface area contributed by atoms with E-state index in [1.807, 2.05) is 0 Å². The zero-order chi connectivity index (χ0) is 39.6. The summed E-state index contributed by atoms with van der Waals surface area (Å²) in [4.78, 5) is 2.64. The van der Waals surface area contributed by atoms with Crippen LogP contribution in [0.1, 0.15) is 246 Å². The lowest BCUT2D eigenvalue weighted by Crippen LogP contribution is -2.27. The summed E-state index contributed by atoms with van der Waals surface area (Å²) in [5.74, 6) is 1.02. The molecule has 0 aromatic heterocycles. The lowest BCUT2D eigenvalue weighted by molar-refractivity contribution is -0.138. The number of unbranched alkanes of at least 4 members (excludes halogenated alkanes) is 23. The number of aliphatic hydroxyl groups excluding tert-OH is 2. The summed E-state index contributed by atoms with van der Waals surface area (Å²) >= 11 is 2.61. The lowest BCUT2D eigenvalue weighted by atomic mass is 9.93. The maximum Gasteiger partial charge on any atom is 0.157 e. The molecule has 4 unspecified atom stereocenters. The quantitative estimate of drug-likeness (QED) is 0.0276. The highest BCUT2D eigenvalue weighted by molar-refractivity contribution is 14.1. The lowest BCUT2D eigenvalue weighted by Gasteiger charge is -2.24. The average Bonchev–Trinajstić information content (AvgIpc) is 3.17. The van der Waals surface area contributed by atoms with Crippen LogP contribution in [0.3, 0.4) is 0 Å². The van der Waals surface area contributed by atoms with Gasteiger partial charge in [-0.25, -0.2) is 0 Å². The molecule has 0 aromatic carbocycles. The maximum absolute atomic E-state index is 10.9. The van der Waals surface area contributed by atoms with E-state index in [1.54, 1.807) is 0 Å². The highest BCUT2D eigenvalue weighted by Crippen LogP contribution is 2.28. The van der Waals surface area contributed by atoms with E-state index in [0.717, 1.165) is 57.7 Å². The van der Waals surface area contributed by atoms with Gasteiger partial charge in [0, 0.05) is 25.7 Å². The fourth-order valence-corrected chi connectivity index (χ4v) is 8.89. The van der Waals surface area contributed by atoms with Gasteiger partial charge in [0.2, 0.25) is 0 Å². The second-order valence-electron chi connectivity index (χ2n) is 16.9. The first kappa shape index (κ1) is 54.5. The molecule has 0 saturated carbocycles. The summed E-state index contributed by atoms with van der Waals surface area (Å²) in [5.41, 5.74) is 0. The predicted molar refractivity (Wildman–Crippen MR) is 246 cm³/mol. The molecule has 0 amide bonds. The Morgan fingerprint density at radius 1 is 0.407 bits per heavy atom. The van der Waals surface area contributed by atoms with E-state index >= 15 is 0 Å². The molecule has 0 radical (unpaired) electrons. The third-order valence-electron chi connectivity index (χ3n) is 11.7. The number of hydrogen-bond donors (Lipinski definition) is 2. The highest BCUT2D eigenvalue weighted by Gasteiger charge is 2.20. The summed E-state index contributed by atoms with van der Waals surface area (Å²) in [5, 5.41) is 20.3. The van der Waals surface area contributed by atoms with Crippen LogP contribution < -0.4 is 0 Å². The molecular weight excluding hydrogens is 781 g/mol. The first-order valence-corrected chi connectivity index (χ1v) is 25.7. The van der Waals surface area contributed by atoms with E-state index in [-0.39, 0.29) is 0 Å². The Morgan fingerprint density at radius 3 is 1.19 bits per heavy atom. The average molecular weight is 880 g/mol. The van der Waals surface area contributed by atoms with Crippen molar-refractivity contribution >= 4 is 22.6 Å². The Morgan fingerprint density at radius 2 is 0.741 bits per heavy atom. The molecule has 0 heterocycles. The summed E-state index contributed by atoms with van der Waals surface area (Å²) in [6.45, 7) is 14.5. The highest BCUT2D eigenvalue weighted by atomic mass is 127. The van der Waals surface area contributed by atoms with E-state index in [0.29, 0.717) is 23.2 Å². The molecule has 0 bridgehead atoms. The van der Waals surface area contributed by atoms with Crippen LogP contribution in [-0.4, -0.2) is 65.0 Å². The van der Waals surface area contributed by atoms with Gasteiger partial charge in [-0.3, -0.25) is 0 Å². The van der Waals surface area contributed by atoms with Crippen molar-refractivity contribution in [1.29, 1.82) is 0 Å². The van der Waals surface area contributed by atoms with Crippen molar-refractivity contribution in [3.63, 3.8) is 0 Å². The van der Waals surface area contributed by atoms with Crippen LogP contribution in [-0.2, 0) is 9.47 Å². The van der Waals surface area contributed by atoms with Crippen LogP contribution in [0, 0.1) is 11.8 Å². The van der Waals surface area contributed by atoms with Crippen LogP contribution in [0.2, 0.25) is 0 Å². The van der Waals surface area contributed by atoms with Crippen molar-refractivity contribution in [3.05, 3.63) is 0 Å². The van der Waals surface area contributed by atoms with E-state index < -0.39 is 6.29 Å². The number of rotatable bonds is 46. The number of nitrogens with zero attached hydrogens (tertiary/aromatic N) is 1. The van der Waals surface area contributed by atoms with Crippen LogP contribution in [0.5, 0.6) is 0 Å². The van der Waals surface area contributed by atoms with Crippen molar-refractivity contribution in [3.8, 4) is 0 Å². The molecule has 0 saturated heterocycles. The second kappa shape index (κ2) is 44.6. The van der Waals surface area contributed by atoms with Crippen molar-refractivity contribution in [2.45, 2.75) is 256 Å². The second-order valence-corrected chi connectivity index (χ2v) is 18.1. The topological polar surface area (TPSA) is 62.2 Å². The van der Waals surface area contributed by atoms with Gasteiger partial charge in [0.15, 0.2) is 6.29 Å². The number of alkyl halides is 1. The van der Waals surface area contributed by atoms with E-state index in [2.05, 4.69) is 55.2 Å². The Labute approximate surface area is 353 Å². The molecule has 4 atom stereocenters. The first-order chi connectivity index (χ1) is 26.5. The largest absolute Gasteiger partial charge is 0.396 e. The van der Waals surface area contributed by atoms with Crippen LogP contribution >= 0.6 is 22.6 Å². The molecular formula is C48H98INO4. The molecule has 0 fully saturated rings. The number of halogens is 1. The molecule has 2 N–H and O–H groups in total. The molecule has 0 spiro atoms. The molecule has 0 rings (SSSR count). The van der Waals surface area contributed by atoms with Crippen molar-refractivity contribution in [2.75, 3.05) is 39.5 Å². The monoisotopic (exact) mass is 880 g/mol. The van der Waals surface area contributed by atoms with Crippen molar-refractivity contribution < 1.29 is 19.7 Å². The molecule has 6 heteroatoms. The minimum Gasteiger partial charge on any atom is -0.396 e. The fraction of sp³-hybridized carbons (Fsp3) is 1.00. The Balaban J connectivity index is 4.35. The molecule has 0 aliphatic carbocycles. The number of hydrogen-bond acceptors (Lipinski definition) is 5. The Hall–Kier alpha value is 0.530. The van der Waals surface area contributed by atoms with Crippen LogP contribution in [0.15, 0.2) is 0 Å². The van der Waals surface area contributed by atoms with E-state index in [1.165, 1.54) is 193 Å². The van der Waals surface area contributed by atoms with Crippen LogP contribution in [0.25, 0.3) is 0 Å². The zero-order valence-electron chi connectivity index (χ0n) is 37.1. The van der Waals surface area contributed by atoms with Gasteiger partial charge in [-0.15, -0.1) is 0 Å². The van der Waals surface area contributed by atoms with Gasteiger partial charge in [-0.2, -0.15) is 0 Å². The van der Waals surface area contributed by atoms with Gasteiger partial charge < -0.3 is 24.6 Å². The minimum absolute atomic E-state index is 0.299. The molecule has 0 aromatic rings. The van der Waals surface area contributed by atoms with Crippen molar-refractivity contribution in [2.24, 2.45) is 11.8 Å². The first-order valence-electron chi connectivity index (χ1n) is 24.4. The predicted octanol–water partition coefficient (Wildman–Crippen LogP) is 15.0. The summed E-state index contributed by atoms with van der Waals surface area (Å²) < 4.78 is 12.9. The Bertz CT molecular complexity index is 648. The van der Waals surface area contributed by atoms with Gasteiger partial charge in [-0.1, -0.05) is 204 Å². The Kier molecular flexibility index (Phi) is 45.1. The van der Waals surface area contributed by atoms with Gasteiger partial charge in [0.1, 0.15) is 4.11 Å². The fourth-order valence-electron chi connectivity index (χ4n) is 7.91. The summed E-state index contributed by atoms with van der Waals surface area (Å²) in [6, 6.07) is 0. The van der Waals surface area contributed by atoms with Gasteiger partial charge in [0.05, 0.1) is 0 Å². The molecule has 54 heavy (non-hydrogen) atoms. The van der Waals surface area contributed by atoms with Gasteiger partial charge >= 0.3 is 0 Å². The molecule has 0 aliphatic heterocycles. The number of ether oxygens (including phenoxy) is 2. The minimum atomic E-state index is -0.592. The zero-order valence-corrected chi connectivity index (χ0v) is 39.3.